The van der Waals surface area contributed by atoms with Crippen LogP contribution in [-0.2, 0) is 32.7 Å². The Morgan fingerprint density at radius 2 is 1.89 bits per heavy atom. The zero-order valence-corrected chi connectivity index (χ0v) is 8.59. The predicted molar refractivity (Wildman–Crippen MR) is 32.3 cm³/mol. The summed E-state index contributed by atoms with van der Waals surface area (Å²) in [6.07, 6.45) is 0.0655. The van der Waals surface area contributed by atoms with Crippen LogP contribution in [0.3, 0.4) is 0 Å². The molecule has 0 aliphatic rings. The summed E-state index contributed by atoms with van der Waals surface area (Å²) < 4.78 is 0. The molecule has 0 saturated carbocycles. The van der Waals surface area contributed by atoms with Crippen LogP contribution in [0, 0.1) is 6.92 Å². The van der Waals surface area contributed by atoms with Crippen LogP contribution in [0.25, 0.3) is 0 Å². The summed E-state index contributed by atoms with van der Waals surface area (Å²) in [6.45, 7) is 5.19. The van der Waals surface area contributed by atoms with Crippen molar-refractivity contribution in [2.45, 2.75) is 32.0 Å². The third-order valence-electron chi connectivity index (χ3n) is 1.02. The van der Waals surface area contributed by atoms with Crippen LogP contribution >= 0.6 is 0 Å². The van der Waals surface area contributed by atoms with Gasteiger partial charge in [-0.2, -0.15) is 0 Å². The van der Waals surface area contributed by atoms with E-state index in [-0.39, 0.29) is 38.8 Å². The Morgan fingerprint density at radius 3 is 2.00 bits per heavy atom. The fraction of sp³-hybridized carbons (Fsp3) is 0.833. The van der Waals surface area contributed by atoms with Gasteiger partial charge in [-0.15, -0.1) is 0 Å². The summed E-state index contributed by atoms with van der Waals surface area (Å²) >= 11 is 0. The molecule has 2 N–H and O–H groups in total. The predicted octanol–water partition coefficient (Wildman–Crippen LogP) is 0.340. The van der Waals surface area contributed by atoms with E-state index in [0.717, 1.165) is 0 Å². The smallest absolute Gasteiger partial charge is 0.425 e. The molecule has 0 aliphatic heterocycles. The maximum atomic E-state index is 8.83. The number of aliphatic hydroxyl groups excluding tert-OH is 2. The van der Waals surface area contributed by atoms with Gasteiger partial charge in [0.2, 0.25) is 0 Å². The molecule has 3 heteroatoms. The molecule has 0 bridgehead atoms. The first-order chi connectivity index (χ1) is 3.66. The van der Waals surface area contributed by atoms with Crippen molar-refractivity contribution in [3.8, 4) is 0 Å². The van der Waals surface area contributed by atoms with Gasteiger partial charge < -0.3 is 17.1 Å². The van der Waals surface area contributed by atoms with Gasteiger partial charge in [-0.05, 0) is 12.8 Å². The molecule has 50 valence electrons. The van der Waals surface area contributed by atoms with Gasteiger partial charge in [0.1, 0.15) is 0 Å². The minimum atomic E-state index is -0.620. The Hall–Kier alpha value is 1.02. The zero-order valence-electron chi connectivity index (χ0n) is 5.75. The van der Waals surface area contributed by atoms with Crippen LogP contribution in [-0.4, -0.2) is 22.4 Å². The van der Waals surface area contributed by atoms with Crippen molar-refractivity contribution >= 4 is 0 Å². The number of aliphatic hydroxyl groups is 2. The third-order valence-corrected chi connectivity index (χ3v) is 1.02. The third kappa shape index (κ3) is 9.02. The number of rotatable bonds is 3. The Balaban J connectivity index is 0. The molecule has 0 aromatic carbocycles. The van der Waals surface area contributed by atoms with E-state index in [9.17, 15) is 0 Å². The Bertz CT molecular complexity index is 57.0. The van der Waals surface area contributed by atoms with Gasteiger partial charge in [0.15, 0.2) is 0 Å². The van der Waals surface area contributed by atoms with Gasteiger partial charge in [0.25, 0.3) is 0 Å². The van der Waals surface area contributed by atoms with Gasteiger partial charge in [0.05, 0.1) is 6.10 Å². The molecule has 0 radical (unpaired) electrons. The molecule has 0 rings (SSSR count). The molecule has 0 aliphatic carbocycles. The molecule has 0 heterocycles. The molecule has 2 unspecified atom stereocenters. The van der Waals surface area contributed by atoms with Gasteiger partial charge >= 0.3 is 32.7 Å². The molecule has 2 atom stereocenters. The topological polar surface area (TPSA) is 40.5 Å². The first kappa shape index (κ1) is 12.7. The van der Waals surface area contributed by atoms with Crippen molar-refractivity contribution in [2.75, 3.05) is 0 Å². The van der Waals surface area contributed by atoms with Crippen LogP contribution in [0.4, 0.5) is 0 Å². The monoisotopic (exact) mass is 206 g/mol. The molecule has 0 aromatic heterocycles. The molecular formula is C6H13O2Y+2. The Labute approximate surface area is 81.5 Å². The fourth-order valence-corrected chi connectivity index (χ4v) is 0.481. The number of hydrogen-bond donors (Lipinski definition) is 2. The molecule has 0 saturated heterocycles. The fourth-order valence-electron chi connectivity index (χ4n) is 0.481. The molecule has 0 amide bonds. The standard InChI is InChI=1S/C6H13O2.Y/c1-3-6(8)4-5(2)7;/h5-8H,2-4H2,1H3;/q-1;+3. The SMILES string of the molecule is [CH2-]C(O)CC(O)CC.[Y+3]. The summed E-state index contributed by atoms with van der Waals surface area (Å²) in [7, 11) is 0. The summed E-state index contributed by atoms with van der Waals surface area (Å²) in [6, 6.07) is 0. The van der Waals surface area contributed by atoms with E-state index in [1.165, 1.54) is 0 Å². The maximum Gasteiger partial charge on any atom is 3.00 e. The van der Waals surface area contributed by atoms with Crippen LogP contribution in [0.5, 0.6) is 0 Å². The van der Waals surface area contributed by atoms with E-state index in [4.69, 9.17) is 10.2 Å². The summed E-state index contributed by atoms with van der Waals surface area (Å²) in [5, 5.41) is 17.4. The summed E-state index contributed by atoms with van der Waals surface area (Å²) in [5.74, 6) is 0. The molecule has 0 spiro atoms. The summed E-state index contributed by atoms with van der Waals surface area (Å²) in [5.41, 5.74) is 0. The average molecular weight is 206 g/mol. The van der Waals surface area contributed by atoms with E-state index in [0.29, 0.717) is 12.8 Å². The van der Waals surface area contributed by atoms with Crippen LogP contribution in [0.15, 0.2) is 0 Å². The van der Waals surface area contributed by atoms with Crippen LogP contribution in [0.1, 0.15) is 19.8 Å². The normalized spacial score (nSPS) is 16.0. The molecule has 2 nitrogen and oxygen atoms in total. The van der Waals surface area contributed by atoms with E-state index in [2.05, 4.69) is 6.92 Å². The second-order valence-corrected chi connectivity index (χ2v) is 1.95. The molecule has 0 fully saturated rings. The van der Waals surface area contributed by atoms with Crippen LogP contribution in [0.2, 0.25) is 0 Å². The minimum Gasteiger partial charge on any atom is -0.425 e. The van der Waals surface area contributed by atoms with Crippen molar-refractivity contribution in [2.24, 2.45) is 0 Å². The second-order valence-electron chi connectivity index (χ2n) is 1.95. The maximum absolute atomic E-state index is 8.83. The van der Waals surface area contributed by atoms with Crippen molar-refractivity contribution in [3.63, 3.8) is 0 Å². The first-order valence-electron chi connectivity index (χ1n) is 2.86. The van der Waals surface area contributed by atoms with Gasteiger partial charge in [-0.25, -0.2) is 0 Å². The van der Waals surface area contributed by atoms with E-state index < -0.39 is 6.10 Å². The van der Waals surface area contributed by atoms with Gasteiger partial charge in [0, 0.05) is 0 Å². The van der Waals surface area contributed by atoms with Crippen molar-refractivity contribution in [3.05, 3.63) is 6.92 Å². The largest absolute Gasteiger partial charge is 3.00 e. The Kier molecular flexibility index (Phi) is 10.1. The van der Waals surface area contributed by atoms with Crippen molar-refractivity contribution < 1.29 is 42.9 Å². The summed E-state index contributed by atoms with van der Waals surface area (Å²) in [4.78, 5) is 0. The van der Waals surface area contributed by atoms with E-state index >= 15 is 0 Å². The average Bonchev–Trinajstić information content (AvgIpc) is 1.65. The quantitative estimate of drug-likeness (QED) is 0.653. The number of hydrogen-bond acceptors (Lipinski definition) is 2. The van der Waals surface area contributed by atoms with E-state index in [1.54, 1.807) is 0 Å². The zero-order chi connectivity index (χ0) is 6.57. The van der Waals surface area contributed by atoms with Crippen molar-refractivity contribution in [1.82, 2.24) is 0 Å². The van der Waals surface area contributed by atoms with E-state index in [1.807, 2.05) is 6.92 Å². The minimum absolute atomic E-state index is 0. The Morgan fingerprint density at radius 1 is 1.44 bits per heavy atom. The van der Waals surface area contributed by atoms with Gasteiger partial charge in [-0.1, -0.05) is 13.0 Å². The van der Waals surface area contributed by atoms with Gasteiger partial charge in [-0.3, -0.25) is 0 Å². The first-order valence-corrected chi connectivity index (χ1v) is 2.86. The molecule has 9 heavy (non-hydrogen) atoms. The molecular weight excluding hydrogens is 193 g/mol. The second kappa shape index (κ2) is 7.13. The van der Waals surface area contributed by atoms with Crippen LogP contribution < -0.4 is 0 Å². The van der Waals surface area contributed by atoms with Crippen molar-refractivity contribution in [1.29, 1.82) is 0 Å². The molecule has 0 aromatic rings.